The summed E-state index contributed by atoms with van der Waals surface area (Å²) < 4.78 is 1.88. The monoisotopic (exact) mass is 342 g/mol. The first-order chi connectivity index (χ1) is 11.5. The van der Waals surface area contributed by atoms with Crippen molar-refractivity contribution in [2.24, 2.45) is 0 Å². The highest BCUT2D eigenvalue weighted by molar-refractivity contribution is 7.99. The fourth-order valence-corrected chi connectivity index (χ4v) is 3.18. The van der Waals surface area contributed by atoms with Crippen LogP contribution in [0.25, 0.3) is 5.65 Å². The Morgan fingerprint density at radius 3 is 2.71 bits per heavy atom. The van der Waals surface area contributed by atoms with Crippen LogP contribution in [0.15, 0.2) is 35.6 Å². The van der Waals surface area contributed by atoms with Gasteiger partial charge in [-0.3, -0.25) is 9.20 Å². The van der Waals surface area contributed by atoms with Gasteiger partial charge in [-0.25, -0.2) is 9.97 Å². The normalized spacial score (nSPS) is 11.0. The number of hydrogen-bond donors (Lipinski definition) is 0. The van der Waals surface area contributed by atoms with Gasteiger partial charge in [0.2, 0.25) is 5.91 Å². The molecule has 8 heteroatoms. The molecule has 0 unspecified atom stereocenters. The number of carbonyl (C=O) groups is 1. The van der Waals surface area contributed by atoms with E-state index in [-0.39, 0.29) is 11.7 Å². The predicted octanol–water partition coefficient (Wildman–Crippen LogP) is 1.89. The van der Waals surface area contributed by atoms with Crippen LogP contribution in [-0.2, 0) is 11.3 Å². The van der Waals surface area contributed by atoms with Gasteiger partial charge in [-0.15, -0.1) is 10.2 Å². The molecule has 0 spiro atoms. The smallest absolute Gasteiger partial charge is 0.233 e. The summed E-state index contributed by atoms with van der Waals surface area (Å²) in [6.07, 6.45) is 1.89. The second-order valence-corrected chi connectivity index (χ2v) is 6.46. The molecule has 0 atom stereocenters. The third-order valence-electron chi connectivity index (χ3n) is 3.48. The van der Waals surface area contributed by atoms with Crippen LogP contribution >= 0.6 is 11.8 Å². The van der Waals surface area contributed by atoms with E-state index >= 15 is 0 Å². The van der Waals surface area contributed by atoms with Gasteiger partial charge in [0.1, 0.15) is 0 Å². The van der Waals surface area contributed by atoms with E-state index in [4.69, 9.17) is 0 Å². The Bertz CT molecular complexity index is 858. The summed E-state index contributed by atoms with van der Waals surface area (Å²) in [6.45, 7) is 4.24. The Morgan fingerprint density at radius 1 is 1.21 bits per heavy atom. The topological polar surface area (TPSA) is 76.3 Å². The first kappa shape index (κ1) is 16.4. The van der Waals surface area contributed by atoms with E-state index in [9.17, 15) is 4.79 Å². The van der Waals surface area contributed by atoms with Gasteiger partial charge in [-0.05, 0) is 32.0 Å². The second kappa shape index (κ2) is 6.96. The fourth-order valence-electron chi connectivity index (χ4n) is 2.29. The third-order valence-corrected chi connectivity index (χ3v) is 4.31. The van der Waals surface area contributed by atoms with Crippen molar-refractivity contribution >= 4 is 23.3 Å². The van der Waals surface area contributed by atoms with Crippen LogP contribution in [-0.4, -0.2) is 48.2 Å². The Kier molecular flexibility index (Phi) is 4.75. The summed E-state index contributed by atoms with van der Waals surface area (Å²) in [5, 5.41) is 8.87. The van der Waals surface area contributed by atoms with Crippen molar-refractivity contribution in [3.05, 3.63) is 47.7 Å². The quantitative estimate of drug-likeness (QED) is 0.520. The minimum Gasteiger partial charge on any atom is -0.337 e. The summed E-state index contributed by atoms with van der Waals surface area (Å²) in [5.74, 6) is 1.01. The zero-order valence-electron chi connectivity index (χ0n) is 13.8. The average molecular weight is 342 g/mol. The molecule has 0 saturated heterocycles. The molecule has 3 aromatic rings. The highest BCUT2D eigenvalue weighted by atomic mass is 32.2. The molecular formula is C16H18N6OS. The van der Waals surface area contributed by atoms with Gasteiger partial charge in [0, 0.05) is 24.6 Å². The SMILES string of the molecule is Cc1cc(C)nc(SCC(=O)N(C)Cc2nnc3ccccn23)n1. The molecular weight excluding hydrogens is 324 g/mol. The molecule has 3 rings (SSSR count). The van der Waals surface area contributed by atoms with Gasteiger partial charge in [0.25, 0.3) is 0 Å². The molecule has 124 valence electrons. The zero-order chi connectivity index (χ0) is 17.1. The molecule has 0 radical (unpaired) electrons. The number of carbonyl (C=O) groups excluding carboxylic acids is 1. The molecule has 1 amide bonds. The largest absolute Gasteiger partial charge is 0.337 e. The van der Waals surface area contributed by atoms with Gasteiger partial charge in [0.15, 0.2) is 16.6 Å². The number of thioether (sulfide) groups is 1. The number of pyridine rings is 1. The summed E-state index contributed by atoms with van der Waals surface area (Å²) in [6, 6.07) is 7.61. The highest BCUT2D eigenvalue weighted by Gasteiger charge is 2.14. The first-order valence-electron chi connectivity index (χ1n) is 7.50. The maximum absolute atomic E-state index is 12.3. The molecule has 24 heavy (non-hydrogen) atoms. The molecule has 0 saturated carbocycles. The van der Waals surface area contributed by atoms with E-state index < -0.39 is 0 Å². The minimum absolute atomic E-state index is 0.00422. The molecule has 0 aliphatic heterocycles. The number of aryl methyl sites for hydroxylation is 2. The van der Waals surface area contributed by atoms with E-state index in [0.29, 0.717) is 11.7 Å². The molecule has 0 bridgehead atoms. The average Bonchev–Trinajstić information content (AvgIpc) is 2.95. The second-order valence-electron chi connectivity index (χ2n) is 5.52. The van der Waals surface area contributed by atoms with E-state index in [1.807, 2.05) is 48.7 Å². The Balaban J connectivity index is 1.62. The zero-order valence-corrected chi connectivity index (χ0v) is 14.6. The number of aromatic nitrogens is 5. The number of rotatable bonds is 5. The Hall–Kier alpha value is -2.48. The molecule has 0 N–H and O–H groups in total. The Morgan fingerprint density at radius 2 is 1.96 bits per heavy atom. The first-order valence-corrected chi connectivity index (χ1v) is 8.49. The van der Waals surface area contributed by atoms with Gasteiger partial charge in [-0.2, -0.15) is 0 Å². The lowest BCUT2D eigenvalue weighted by Crippen LogP contribution is -2.28. The lowest BCUT2D eigenvalue weighted by molar-refractivity contribution is -0.127. The summed E-state index contributed by atoms with van der Waals surface area (Å²) >= 11 is 1.35. The van der Waals surface area contributed by atoms with Crippen molar-refractivity contribution in [3.63, 3.8) is 0 Å². The van der Waals surface area contributed by atoms with Crippen LogP contribution in [0.5, 0.6) is 0 Å². The summed E-state index contributed by atoms with van der Waals surface area (Å²) in [7, 11) is 1.76. The van der Waals surface area contributed by atoms with Gasteiger partial charge in [-0.1, -0.05) is 17.8 Å². The van der Waals surface area contributed by atoms with Gasteiger partial charge < -0.3 is 4.90 Å². The Labute approximate surface area is 144 Å². The van der Waals surface area contributed by atoms with Crippen LogP contribution in [0, 0.1) is 13.8 Å². The van der Waals surface area contributed by atoms with Crippen molar-refractivity contribution in [1.29, 1.82) is 0 Å². The number of hydrogen-bond acceptors (Lipinski definition) is 6. The molecule has 3 heterocycles. The lowest BCUT2D eigenvalue weighted by Gasteiger charge is -2.15. The summed E-state index contributed by atoms with van der Waals surface area (Å²) in [4.78, 5) is 22.7. The van der Waals surface area contributed by atoms with Crippen molar-refractivity contribution in [2.75, 3.05) is 12.8 Å². The third kappa shape index (κ3) is 3.70. The van der Waals surface area contributed by atoms with E-state index in [1.165, 1.54) is 11.8 Å². The van der Waals surface area contributed by atoms with Crippen molar-refractivity contribution in [1.82, 2.24) is 29.5 Å². The highest BCUT2D eigenvalue weighted by Crippen LogP contribution is 2.15. The minimum atomic E-state index is -0.00422. The van der Waals surface area contributed by atoms with Crippen LogP contribution in [0.3, 0.4) is 0 Å². The van der Waals surface area contributed by atoms with Crippen LogP contribution in [0.4, 0.5) is 0 Å². The molecule has 0 fully saturated rings. The van der Waals surface area contributed by atoms with E-state index in [1.54, 1.807) is 11.9 Å². The van der Waals surface area contributed by atoms with Crippen LogP contribution < -0.4 is 0 Å². The van der Waals surface area contributed by atoms with Crippen molar-refractivity contribution < 1.29 is 4.79 Å². The maximum Gasteiger partial charge on any atom is 0.233 e. The molecule has 0 aliphatic carbocycles. The number of nitrogens with zero attached hydrogens (tertiary/aromatic N) is 6. The number of amides is 1. The predicted molar refractivity (Wildman–Crippen MR) is 91.7 cm³/mol. The van der Waals surface area contributed by atoms with Gasteiger partial charge in [0.05, 0.1) is 12.3 Å². The molecule has 0 aliphatic rings. The fraction of sp³-hybridized carbons (Fsp3) is 0.312. The molecule has 7 nitrogen and oxygen atoms in total. The molecule has 0 aromatic carbocycles. The standard InChI is InChI=1S/C16H18N6OS/c1-11-8-12(2)18-16(17-11)24-10-15(23)21(3)9-14-20-19-13-6-4-5-7-22(13)14/h4-8H,9-10H2,1-3H3. The van der Waals surface area contributed by atoms with Crippen LogP contribution in [0.1, 0.15) is 17.2 Å². The van der Waals surface area contributed by atoms with E-state index in [0.717, 1.165) is 22.9 Å². The molecule has 3 aromatic heterocycles. The number of fused-ring (bicyclic) bond motifs is 1. The van der Waals surface area contributed by atoms with Gasteiger partial charge >= 0.3 is 0 Å². The van der Waals surface area contributed by atoms with E-state index in [2.05, 4.69) is 20.2 Å². The van der Waals surface area contributed by atoms with Crippen LogP contribution in [0.2, 0.25) is 0 Å². The van der Waals surface area contributed by atoms with Crippen molar-refractivity contribution in [2.45, 2.75) is 25.5 Å². The maximum atomic E-state index is 12.3. The van der Waals surface area contributed by atoms with Crippen molar-refractivity contribution in [3.8, 4) is 0 Å². The summed E-state index contributed by atoms with van der Waals surface area (Å²) in [5.41, 5.74) is 2.58. The lowest BCUT2D eigenvalue weighted by atomic mass is 10.4.